The summed E-state index contributed by atoms with van der Waals surface area (Å²) in [6.07, 6.45) is -3.51. The Morgan fingerprint density at radius 3 is 2.32 bits per heavy atom. The number of halogens is 4. The Bertz CT molecular complexity index is 1150. The van der Waals surface area contributed by atoms with E-state index in [-0.39, 0.29) is 29.8 Å². The maximum absolute atomic E-state index is 13.5. The van der Waals surface area contributed by atoms with E-state index >= 15 is 0 Å². The van der Waals surface area contributed by atoms with Crippen LogP contribution in [-0.2, 0) is 6.54 Å². The molecule has 2 heterocycles. The van der Waals surface area contributed by atoms with Gasteiger partial charge in [-0.25, -0.2) is 9.97 Å². The van der Waals surface area contributed by atoms with Crippen LogP contribution in [0.25, 0.3) is 16.9 Å². The lowest BCUT2D eigenvalue weighted by Gasteiger charge is -2.30. The Morgan fingerprint density at radius 1 is 1.13 bits per heavy atom. The Morgan fingerprint density at radius 2 is 1.77 bits per heavy atom. The summed E-state index contributed by atoms with van der Waals surface area (Å²) < 4.78 is 42.8. The maximum atomic E-state index is 13.5. The number of nitrogens with one attached hydrogen (secondary N) is 1. The highest BCUT2D eigenvalue weighted by Gasteiger charge is 2.42. The molecule has 0 saturated heterocycles. The molecule has 1 N–H and O–H groups in total. The first kappa shape index (κ1) is 21.7. The Labute approximate surface area is 182 Å². The molecule has 0 amide bonds. The summed E-state index contributed by atoms with van der Waals surface area (Å²) in [6, 6.07) is 6.75. The van der Waals surface area contributed by atoms with Crippen LogP contribution in [-0.4, -0.2) is 32.3 Å². The zero-order valence-electron chi connectivity index (χ0n) is 17.2. The molecular formula is C21H23ClF3N5O. The molecule has 3 aromatic rings. The summed E-state index contributed by atoms with van der Waals surface area (Å²) in [4.78, 5) is 22.7. The molecule has 2 aromatic heterocycles. The third kappa shape index (κ3) is 3.91. The fraction of sp³-hybridized carbons (Fsp3) is 0.476. The van der Waals surface area contributed by atoms with E-state index in [9.17, 15) is 18.0 Å². The molecule has 0 aliphatic heterocycles. The maximum Gasteiger partial charge on any atom is 0.391 e. The van der Waals surface area contributed by atoms with Gasteiger partial charge in [-0.3, -0.25) is 13.9 Å². The van der Waals surface area contributed by atoms with Gasteiger partial charge in [-0.1, -0.05) is 11.6 Å². The van der Waals surface area contributed by atoms with Crippen molar-refractivity contribution in [2.24, 2.45) is 5.92 Å². The van der Waals surface area contributed by atoms with E-state index in [0.29, 0.717) is 47.5 Å². The summed E-state index contributed by atoms with van der Waals surface area (Å²) in [7, 11) is 1.71. The highest BCUT2D eigenvalue weighted by molar-refractivity contribution is 6.30. The number of alkyl halides is 3. The molecule has 0 unspecified atom stereocenters. The van der Waals surface area contributed by atoms with Gasteiger partial charge >= 0.3 is 6.18 Å². The van der Waals surface area contributed by atoms with Gasteiger partial charge in [0, 0.05) is 24.5 Å². The average Bonchev–Trinajstić information content (AvgIpc) is 3.12. The molecule has 31 heavy (non-hydrogen) atoms. The van der Waals surface area contributed by atoms with Crippen LogP contribution in [0.15, 0.2) is 29.1 Å². The molecule has 1 saturated carbocycles. The monoisotopic (exact) mass is 453 g/mol. The minimum atomic E-state index is -4.19. The summed E-state index contributed by atoms with van der Waals surface area (Å²) in [6.45, 7) is 2.47. The number of rotatable bonds is 4. The van der Waals surface area contributed by atoms with Gasteiger partial charge in [0.25, 0.3) is 5.56 Å². The first-order valence-electron chi connectivity index (χ1n) is 10.3. The van der Waals surface area contributed by atoms with E-state index < -0.39 is 12.1 Å². The molecule has 1 fully saturated rings. The van der Waals surface area contributed by atoms with Gasteiger partial charge in [0.05, 0.1) is 11.6 Å². The molecule has 0 bridgehead atoms. The minimum absolute atomic E-state index is 0.0253. The van der Waals surface area contributed by atoms with Crippen molar-refractivity contribution in [3.05, 3.63) is 45.5 Å². The normalized spacial score (nSPS) is 19.7. The molecule has 0 radical (unpaired) electrons. The third-order valence-corrected chi connectivity index (χ3v) is 6.23. The second-order valence-corrected chi connectivity index (χ2v) is 8.22. The van der Waals surface area contributed by atoms with Crippen molar-refractivity contribution in [2.75, 3.05) is 12.4 Å². The number of nitrogens with zero attached hydrogens (tertiary/aromatic N) is 4. The van der Waals surface area contributed by atoms with Crippen LogP contribution in [0.4, 0.5) is 19.1 Å². The van der Waals surface area contributed by atoms with E-state index in [0.717, 1.165) is 0 Å². The average molecular weight is 454 g/mol. The molecule has 10 heteroatoms. The highest BCUT2D eigenvalue weighted by atomic mass is 35.5. The first-order chi connectivity index (χ1) is 14.7. The van der Waals surface area contributed by atoms with Crippen LogP contribution in [0.1, 0.15) is 44.3 Å². The summed E-state index contributed by atoms with van der Waals surface area (Å²) in [5.74, 6) is -0.578. The second kappa shape index (κ2) is 8.18. The molecule has 1 aliphatic rings. The van der Waals surface area contributed by atoms with E-state index in [2.05, 4.69) is 10.3 Å². The lowest BCUT2D eigenvalue weighted by atomic mass is 9.81. The topological polar surface area (TPSA) is 64.7 Å². The van der Waals surface area contributed by atoms with Crippen LogP contribution in [0.3, 0.4) is 0 Å². The van der Waals surface area contributed by atoms with E-state index in [1.807, 2.05) is 6.92 Å². The van der Waals surface area contributed by atoms with Crippen molar-refractivity contribution >= 4 is 28.7 Å². The molecule has 1 aromatic carbocycles. The largest absolute Gasteiger partial charge is 0.391 e. The van der Waals surface area contributed by atoms with Crippen LogP contribution in [0.2, 0.25) is 5.02 Å². The summed E-state index contributed by atoms with van der Waals surface area (Å²) in [5.41, 5.74) is 0.877. The molecule has 166 valence electrons. The zero-order chi connectivity index (χ0) is 22.3. The van der Waals surface area contributed by atoms with E-state index in [1.165, 1.54) is 4.57 Å². The van der Waals surface area contributed by atoms with Crippen LogP contribution < -0.4 is 10.9 Å². The number of benzene rings is 1. The number of aryl methyl sites for hydroxylation is 1. The number of hydrogen-bond donors (Lipinski definition) is 1. The molecule has 1 aliphatic carbocycles. The van der Waals surface area contributed by atoms with Gasteiger partial charge < -0.3 is 5.32 Å². The highest BCUT2D eigenvalue weighted by Crippen LogP contribution is 2.42. The van der Waals surface area contributed by atoms with E-state index in [4.69, 9.17) is 16.6 Å². The zero-order valence-corrected chi connectivity index (χ0v) is 18.0. The lowest BCUT2D eigenvalue weighted by molar-refractivity contribution is -0.182. The predicted molar refractivity (Wildman–Crippen MR) is 114 cm³/mol. The Balaban J connectivity index is 1.89. The molecule has 0 atom stereocenters. The predicted octanol–water partition coefficient (Wildman–Crippen LogP) is 5.13. The molecule has 6 nitrogen and oxygen atoms in total. The Hall–Kier alpha value is -2.55. The van der Waals surface area contributed by atoms with Crippen molar-refractivity contribution in [1.29, 1.82) is 0 Å². The number of imidazole rings is 1. The van der Waals surface area contributed by atoms with Crippen LogP contribution in [0, 0.1) is 5.92 Å². The van der Waals surface area contributed by atoms with Crippen molar-refractivity contribution in [3.8, 4) is 5.69 Å². The van der Waals surface area contributed by atoms with Gasteiger partial charge in [-0.2, -0.15) is 13.2 Å². The standard InChI is InChI=1S/C21H23ClF3N5O/c1-3-29-18-16(27-20(29)26-2)19(31)30(15-10-8-14(22)9-11-15)17(28-18)12-4-6-13(7-5-12)21(23,24)25/h8-13H,3-7H2,1-2H3,(H,26,27). The SMILES string of the molecule is CCn1c(NC)nc2c(=O)n(-c3ccc(Cl)cc3)c(C3CCC(C(F)(F)F)CC3)nc21. The molecular weight excluding hydrogens is 431 g/mol. The van der Waals surface area contributed by atoms with Crippen LogP contribution >= 0.6 is 11.6 Å². The van der Waals surface area contributed by atoms with Gasteiger partial charge in [-0.15, -0.1) is 0 Å². The Kier molecular flexibility index (Phi) is 5.72. The smallest absolute Gasteiger partial charge is 0.359 e. The van der Waals surface area contributed by atoms with Crippen molar-refractivity contribution in [3.63, 3.8) is 0 Å². The number of anilines is 1. The van der Waals surface area contributed by atoms with Gasteiger partial charge in [0.2, 0.25) is 5.95 Å². The fourth-order valence-electron chi connectivity index (χ4n) is 4.35. The quantitative estimate of drug-likeness (QED) is 0.594. The van der Waals surface area contributed by atoms with Gasteiger partial charge in [0.15, 0.2) is 11.2 Å². The van der Waals surface area contributed by atoms with Crippen molar-refractivity contribution in [2.45, 2.75) is 51.2 Å². The fourth-order valence-corrected chi connectivity index (χ4v) is 4.48. The van der Waals surface area contributed by atoms with Crippen molar-refractivity contribution in [1.82, 2.24) is 19.1 Å². The van der Waals surface area contributed by atoms with E-state index in [1.54, 1.807) is 35.9 Å². The summed E-state index contributed by atoms with van der Waals surface area (Å²) in [5, 5.41) is 3.49. The van der Waals surface area contributed by atoms with Gasteiger partial charge in [-0.05, 0) is 56.9 Å². The molecule has 0 spiro atoms. The number of fused-ring (bicyclic) bond motifs is 1. The van der Waals surface area contributed by atoms with Crippen molar-refractivity contribution < 1.29 is 13.2 Å². The van der Waals surface area contributed by atoms with Crippen LogP contribution in [0.5, 0.6) is 0 Å². The third-order valence-electron chi connectivity index (χ3n) is 5.98. The lowest BCUT2D eigenvalue weighted by Crippen LogP contribution is -2.31. The number of aromatic nitrogens is 4. The summed E-state index contributed by atoms with van der Waals surface area (Å²) >= 11 is 6.01. The number of hydrogen-bond acceptors (Lipinski definition) is 4. The minimum Gasteiger partial charge on any atom is -0.359 e. The second-order valence-electron chi connectivity index (χ2n) is 7.78. The van der Waals surface area contributed by atoms with Gasteiger partial charge in [0.1, 0.15) is 5.82 Å². The molecule has 4 rings (SSSR count). The first-order valence-corrected chi connectivity index (χ1v) is 10.7.